The van der Waals surface area contributed by atoms with Crippen molar-refractivity contribution in [2.24, 2.45) is 12.5 Å². The molecule has 1 aromatic heterocycles. The summed E-state index contributed by atoms with van der Waals surface area (Å²) in [5, 5.41) is 6.20. The van der Waals surface area contributed by atoms with E-state index in [0.717, 1.165) is 4.68 Å². The molecular formula is C12H18F2N4O2. The van der Waals surface area contributed by atoms with E-state index < -0.39 is 12.5 Å². The van der Waals surface area contributed by atoms with Crippen LogP contribution in [0.3, 0.4) is 0 Å². The molecule has 1 aromatic rings. The Kier molecular flexibility index (Phi) is 3.94. The van der Waals surface area contributed by atoms with Crippen molar-refractivity contribution in [3.05, 3.63) is 11.9 Å². The first-order valence-corrected chi connectivity index (χ1v) is 6.22. The van der Waals surface area contributed by atoms with Crippen LogP contribution in [0.15, 0.2) is 6.20 Å². The van der Waals surface area contributed by atoms with E-state index in [2.05, 4.69) is 10.4 Å². The highest BCUT2D eigenvalue weighted by atomic mass is 19.3. The van der Waals surface area contributed by atoms with E-state index in [4.69, 9.17) is 4.74 Å². The molecule has 0 saturated carbocycles. The van der Waals surface area contributed by atoms with E-state index in [-0.39, 0.29) is 16.8 Å². The van der Waals surface area contributed by atoms with Gasteiger partial charge in [-0.25, -0.2) is 13.6 Å². The second-order valence-electron chi connectivity index (χ2n) is 5.46. The van der Waals surface area contributed by atoms with Gasteiger partial charge in [-0.2, -0.15) is 5.10 Å². The van der Waals surface area contributed by atoms with Gasteiger partial charge in [-0.1, -0.05) is 6.92 Å². The van der Waals surface area contributed by atoms with Crippen LogP contribution in [-0.2, 0) is 11.8 Å². The zero-order valence-electron chi connectivity index (χ0n) is 11.7. The number of urea groups is 1. The lowest BCUT2D eigenvalue weighted by Gasteiger charge is -2.40. The fourth-order valence-electron chi connectivity index (χ4n) is 2.20. The van der Waals surface area contributed by atoms with E-state index in [9.17, 15) is 13.6 Å². The number of halogens is 2. The Morgan fingerprint density at radius 1 is 1.65 bits per heavy atom. The third-order valence-corrected chi connectivity index (χ3v) is 3.30. The maximum atomic E-state index is 12.9. The third-order valence-electron chi connectivity index (χ3n) is 3.30. The summed E-state index contributed by atoms with van der Waals surface area (Å²) in [6.07, 6.45) is -1.47. The van der Waals surface area contributed by atoms with Crippen molar-refractivity contribution < 1.29 is 18.3 Å². The minimum absolute atomic E-state index is 0.0364. The number of anilines is 1. The first kappa shape index (κ1) is 14.7. The molecule has 1 aliphatic rings. The van der Waals surface area contributed by atoms with E-state index >= 15 is 0 Å². The molecule has 1 N–H and O–H groups in total. The molecule has 2 amide bonds. The molecule has 112 valence electrons. The Morgan fingerprint density at radius 3 is 2.80 bits per heavy atom. The molecule has 1 fully saturated rings. The summed E-state index contributed by atoms with van der Waals surface area (Å²) in [4.78, 5) is 13.5. The molecule has 2 rings (SSSR count). The molecule has 1 aliphatic heterocycles. The Balaban J connectivity index is 2.00. The van der Waals surface area contributed by atoms with Crippen LogP contribution in [0.4, 0.5) is 19.3 Å². The van der Waals surface area contributed by atoms with Gasteiger partial charge in [0.25, 0.3) is 6.43 Å². The van der Waals surface area contributed by atoms with Crippen LogP contribution in [0.5, 0.6) is 0 Å². The normalized spacial score (nSPS) is 16.9. The van der Waals surface area contributed by atoms with Crippen molar-refractivity contribution in [3.63, 3.8) is 0 Å². The molecule has 0 aromatic carbocycles. The topological polar surface area (TPSA) is 59.4 Å². The van der Waals surface area contributed by atoms with Gasteiger partial charge in [0.05, 0.1) is 25.1 Å². The fraction of sp³-hybridized carbons (Fsp3) is 0.667. The summed E-state index contributed by atoms with van der Waals surface area (Å²) in [5.41, 5.74) is -0.327. The number of amides is 2. The van der Waals surface area contributed by atoms with Crippen molar-refractivity contribution in [2.75, 3.05) is 32.1 Å². The van der Waals surface area contributed by atoms with E-state index in [1.54, 1.807) is 7.05 Å². The quantitative estimate of drug-likeness (QED) is 0.920. The summed E-state index contributed by atoms with van der Waals surface area (Å²) in [5.74, 6) is 0. The molecule has 0 unspecified atom stereocenters. The van der Waals surface area contributed by atoms with Gasteiger partial charge in [-0.05, 0) is 0 Å². The molecule has 1 saturated heterocycles. The highest BCUT2D eigenvalue weighted by Crippen LogP contribution is 2.28. The van der Waals surface area contributed by atoms with Gasteiger partial charge in [-0.15, -0.1) is 0 Å². The van der Waals surface area contributed by atoms with Crippen molar-refractivity contribution >= 4 is 11.7 Å². The second kappa shape index (κ2) is 5.35. The first-order chi connectivity index (χ1) is 9.32. The third kappa shape index (κ3) is 2.90. The summed E-state index contributed by atoms with van der Waals surface area (Å²) >= 11 is 0. The zero-order chi connectivity index (χ0) is 14.9. The number of carbonyl (C=O) groups is 1. The Labute approximate surface area is 115 Å². The highest BCUT2D eigenvalue weighted by Gasteiger charge is 2.35. The van der Waals surface area contributed by atoms with Gasteiger partial charge in [0.15, 0.2) is 0 Å². The van der Waals surface area contributed by atoms with E-state index in [0.29, 0.717) is 19.8 Å². The standard InChI is InChI=1S/C12H18F2N4O2/c1-12(6-20-7-12)5-17(2)11(19)16-8-4-15-18(3)9(8)10(13)14/h4,10H,5-7H2,1-3H3,(H,16,19). The smallest absolute Gasteiger partial charge is 0.321 e. The van der Waals surface area contributed by atoms with Gasteiger partial charge in [-0.3, -0.25) is 4.68 Å². The van der Waals surface area contributed by atoms with Crippen LogP contribution >= 0.6 is 0 Å². The molecular weight excluding hydrogens is 270 g/mol. The van der Waals surface area contributed by atoms with E-state index in [1.807, 2.05) is 6.92 Å². The SMILES string of the molecule is CN(CC1(C)COC1)C(=O)Nc1cnn(C)c1C(F)F. The van der Waals surface area contributed by atoms with Gasteiger partial charge < -0.3 is 15.0 Å². The zero-order valence-corrected chi connectivity index (χ0v) is 11.7. The number of aryl methyl sites for hydroxylation is 1. The number of carbonyl (C=O) groups excluding carboxylic acids is 1. The van der Waals surface area contributed by atoms with Gasteiger partial charge in [0, 0.05) is 26.1 Å². The Morgan fingerprint density at radius 2 is 2.30 bits per heavy atom. The highest BCUT2D eigenvalue weighted by molar-refractivity contribution is 5.89. The van der Waals surface area contributed by atoms with E-state index in [1.165, 1.54) is 18.1 Å². The maximum Gasteiger partial charge on any atom is 0.321 e. The van der Waals surface area contributed by atoms with Crippen molar-refractivity contribution in [1.82, 2.24) is 14.7 Å². The predicted molar refractivity (Wildman–Crippen MR) is 68.7 cm³/mol. The Hall–Kier alpha value is -1.70. The molecule has 0 bridgehead atoms. The fourth-order valence-corrected chi connectivity index (χ4v) is 2.20. The predicted octanol–water partition coefficient (Wildman–Crippen LogP) is 1.86. The first-order valence-electron chi connectivity index (χ1n) is 6.22. The van der Waals surface area contributed by atoms with Crippen molar-refractivity contribution in [2.45, 2.75) is 13.3 Å². The molecule has 20 heavy (non-hydrogen) atoms. The van der Waals surface area contributed by atoms with Crippen LogP contribution in [-0.4, -0.2) is 47.5 Å². The summed E-state index contributed by atoms with van der Waals surface area (Å²) in [7, 11) is 3.03. The van der Waals surface area contributed by atoms with Crippen LogP contribution < -0.4 is 5.32 Å². The molecule has 0 atom stereocenters. The second-order valence-corrected chi connectivity index (χ2v) is 5.46. The minimum atomic E-state index is -2.69. The monoisotopic (exact) mass is 288 g/mol. The van der Waals surface area contributed by atoms with Gasteiger partial charge in [0.1, 0.15) is 5.69 Å². The average Bonchev–Trinajstić information content (AvgIpc) is 2.68. The number of ether oxygens (including phenoxy) is 1. The number of rotatable bonds is 4. The van der Waals surface area contributed by atoms with Crippen LogP contribution in [0.25, 0.3) is 0 Å². The number of nitrogens with one attached hydrogen (secondary N) is 1. The number of alkyl halides is 2. The van der Waals surface area contributed by atoms with Crippen molar-refractivity contribution in [1.29, 1.82) is 0 Å². The average molecular weight is 288 g/mol. The summed E-state index contributed by atoms with van der Waals surface area (Å²) in [6.45, 7) is 3.71. The molecule has 2 heterocycles. The summed E-state index contributed by atoms with van der Waals surface area (Å²) in [6, 6.07) is -0.437. The number of hydrogen-bond donors (Lipinski definition) is 1. The number of aromatic nitrogens is 2. The molecule has 8 heteroatoms. The lowest BCUT2D eigenvalue weighted by atomic mass is 9.88. The van der Waals surface area contributed by atoms with Gasteiger partial charge >= 0.3 is 6.03 Å². The number of nitrogens with zero attached hydrogens (tertiary/aromatic N) is 3. The van der Waals surface area contributed by atoms with Crippen LogP contribution in [0, 0.1) is 5.41 Å². The van der Waals surface area contributed by atoms with Gasteiger partial charge in [0.2, 0.25) is 0 Å². The Bertz CT molecular complexity index is 500. The molecule has 0 radical (unpaired) electrons. The van der Waals surface area contributed by atoms with Crippen LogP contribution in [0.2, 0.25) is 0 Å². The lowest BCUT2D eigenvalue weighted by molar-refractivity contribution is -0.108. The van der Waals surface area contributed by atoms with Crippen LogP contribution in [0.1, 0.15) is 19.0 Å². The maximum absolute atomic E-state index is 12.9. The molecule has 0 spiro atoms. The summed E-state index contributed by atoms with van der Waals surface area (Å²) < 4.78 is 31.9. The molecule has 0 aliphatic carbocycles. The van der Waals surface area contributed by atoms with Crippen molar-refractivity contribution in [3.8, 4) is 0 Å². The molecule has 6 nitrogen and oxygen atoms in total. The minimum Gasteiger partial charge on any atom is -0.380 e. The number of hydrogen-bond acceptors (Lipinski definition) is 3. The largest absolute Gasteiger partial charge is 0.380 e. The lowest BCUT2D eigenvalue weighted by Crippen LogP contribution is -2.50.